The van der Waals surface area contributed by atoms with E-state index in [-0.39, 0.29) is 0 Å². The average molecular weight is 318 g/mol. The number of cyclic esters (lactones) is 1. The third-order valence-corrected chi connectivity index (χ3v) is 3.09. The van der Waals surface area contributed by atoms with E-state index in [1.165, 1.54) is 13.8 Å². The zero-order chi connectivity index (χ0) is 16.7. The Morgan fingerprint density at radius 2 is 1.82 bits per heavy atom. The van der Waals surface area contributed by atoms with Crippen molar-refractivity contribution < 1.29 is 37.3 Å². The molecule has 0 radical (unpaired) electrons. The maximum absolute atomic E-state index is 13.5. The Kier molecular flexibility index (Phi) is 4.25. The standard InChI is InChI=1S/C14H13F3O5/c1-14(2)21-12(19)11(13(20)22-14)10(18)4-6-3-8(16)9(17)5-7(6)15/h3,5,11-12,19H,4H2,1-2H3. The summed E-state index contributed by atoms with van der Waals surface area (Å²) in [5, 5.41) is 9.72. The summed E-state index contributed by atoms with van der Waals surface area (Å²) in [6.07, 6.45) is -2.49. The van der Waals surface area contributed by atoms with Gasteiger partial charge in [0.1, 0.15) is 5.82 Å². The zero-order valence-corrected chi connectivity index (χ0v) is 11.7. The van der Waals surface area contributed by atoms with Gasteiger partial charge in [0.25, 0.3) is 0 Å². The van der Waals surface area contributed by atoms with Crippen LogP contribution in [-0.4, -0.2) is 28.9 Å². The van der Waals surface area contributed by atoms with Crippen molar-refractivity contribution in [3.8, 4) is 0 Å². The summed E-state index contributed by atoms with van der Waals surface area (Å²) in [7, 11) is 0. The van der Waals surface area contributed by atoms with Gasteiger partial charge in [0.2, 0.25) is 5.79 Å². The molecular formula is C14H13F3O5. The Morgan fingerprint density at radius 1 is 1.23 bits per heavy atom. The lowest BCUT2D eigenvalue weighted by molar-refractivity contribution is -0.310. The molecule has 1 heterocycles. The van der Waals surface area contributed by atoms with Crippen LogP contribution in [0.25, 0.3) is 0 Å². The number of halogens is 3. The fourth-order valence-corrected chi connectivity index (χ4v) is 2.09. The summed E-state index contributed by atoms with van der Waals surface area (Å²) in [6, 6.07) is 0.821. The molecule has 2 rings (SSSR count). The van der Waals surface area contributed by atoms with Gasteiger partial charge < -0.3 is 14.6 Å². The number of esters is 1. The van der Waals surface area contributed by atoms with Crippen molar-refractivity contribution in [3.05, 3.63) is 35.1 Å². The van der Waals surface area contributed by atoms with E-state index < -0.39 is 59.2 Å². The number of carbonyl (C=O) groups excluding carboxylic acids is 2. The maximum Gasteiger partial charge on any atom is 0.324 e. The minimum atomic E-state index is -1.77. The van der Waals surface area contributed by atoms with Gasteiger partial charge in [-0.3, -0.25) is 9.59 Å². The SMILES string of the molecule is CC1(C)OC(=O)C(C(=O)Cc2cc(F)c(F)cc2F)C(O)O1. The normalized spacial score (nSPS) is 24.0. The number of ether oxygens (including phenoxy) is 2. The molecule has 8 heteroatoms. The van der Waals surface area contributed by atoms with Crippen molar-refractivity contribution >= 4 is 11.8 Å². The van der Waals surface area contributed by atoms with Crippen LogP contribution < -0.4 is 0 Å². The molecule has 0 aromatic heterocycles. The van der Waals surface area contributed by atoms with Gasteiger partial charge in [-0.15, -0.1) is 0 Å². The van der Waals surface area contributed by atoms with Crippen LogP contribution in [0.1, 0.15) is 19.4 Å². The van der Waals surface area contributed by atoms with E-state index in [1.807, 2.05) is 0 Å². The predicted octanol–water partition coefficient (Wildman–Crippen LogP) is 1.46. The summed E-state index contributed by atoms with van der Waals surface area (Å²) < 4.78 is 49.2. The van der Waals surface area contributed by atoms with Crippen molar-refractivity contribution in [2.45, 2.75) is 32.3 Å². The van der Waals surface area contributed by atoms with E-state index >= 15 is 0 Å². The second-order valence-corrected chi connectivity index (χ2v) is 5.31. The van der Waals surface area contributed by atoms with E-state index in [0.29, 0.717) is 12.1 Å². The van der Waals surface area contributed by atoms with Crippen LogP contribution in [-0.2, 0) is 25.5 Å². The Balaban J connectivity index is 2.19. The number of aliphatic hydroxyl groups excluding tert-OH is 1. The van der Waals surface area contributed by atoms with Gasteiger partial charge in [-0.25, -0.2) is 13.2 Å². The van der Waals surface area contributed by atoms with Crippen molar-refractivity contribution in [1.82, 2.24) is 0 Å². The maximum atomic E-state index is 13.5. The predicted molar refractivity (Wildman–Crippen MR) is 65.8 cm³/mol. The number of hydrogen-bond acceptors (Lipinski definition) is 5. The van der Waals surface area contributed by atoms with Crippen molar-refractivity contribution in [2.24, 2.45) is 5.92 Å². The monoisotopic (exact) mass is 318 g/mol. The minimum Gasteiger partial charge on any atom is -0.433 e. The molecule has 2 atom stereocenters. The number of rotatable bonds is 3. The lowest BCUT2D eigenvalue weighted by Crippen LogP contribution is -2.51. The van der Waals surface area contributed by atoms with Gasteiger partial charge in [0, 0.05) is 26.3 Å². The van der Waals surface area contributed by atoms with Gasteiger partial charge in [-0.2, -0.15) is 0 Å². The Hall–Kier alpha value is -1.93. The van der Waals surface area contributed by atoms with E-state index in [0.717, 1.165) is 0 Å². The highest BCUT2D eigenvalue weighted by molar-refractivity contribution is 6.00. The molecule has 1 aromatic rings. The molecule has 1 saturated heterocycles. The summed E-state index contributed by atoms with van der Waals surface area (Å²) in [4.78, 5) is 23.8. The second-order valence-electron chi connectivity index (χ2n) is 5.31. The number of ketones is 1. The Bertz CT molecular complexity index is 629. The molecule has 1 aliphatic rings. The molecule has 1 N–H and O–H groups in total. The average Bonchev–Trinajstić information content (AvgIpc) is 2.33. The molecule has 0 spiro atoms. The van der Waals surface area contributed by atoms with Crippen LogP contribution in [0.2, 0.25) is 0 Å². The third kappa shape index (κ3) is 3.28. The minimum absolute atomic E-state index is 0.299. The van der Waals surface area contributed by atoms with Crippen molar-refractivity contribution in [1.29, 1.82) is 0 Å². The molecule has 0 aliphatic carbocycles. The van der Waals surface area contributed by atoms with Crippen LogP contribution in [0.4, 0.5) is 13.2 Å². The molecular weight excluding hydrogens is 305 g/mol. The van der Waals surface area contributed by atoms with Gasteiger partial charge in [0.05, 0.1) is 0 Å². The first-order chi connectivity index (χ1) is 10.1. The molecule has 1 fully saturated rings. The number of carbonyl (C=O) groups is 2. The first-order valence-corrected chi connectivity index (χ1v) is 6.35. The molecule has 1 aliphatic heterocycles. The number of hydrogen-bond donors (Lipinski definition) is 1. The molecule has 22 heavy (non-hydrogen) atoms. The van der Waals surface area contributed by atoms with Gasteiger partial charge in [-0.1, -0.05) is 0 Å². The molecule has 2 unspecified atom stereocenters. The van der Waals surface area contributed by atoms with Crippen LogP contribution in [0.3, 0.4) is 0 Å². The topological polar surface area (TPSA) is 72.8 Å². The third-order valence-electron chi connectivity index (χ3n) is 3.09. The van der Waals surface area contributed by atoms with Gasteiger partial charge in [-0.05, 0) is 11.6 Å². The molecule has 0 amide bonds. The van der Waals surface area contributed by atoms with Crippen molar-refractivity contribution in [2.75, 3.05) is 0 Å². The number of Topliss-reactive ketones (excluding diaryl/α,β-unsaturated/α-hetero) is 1. The van der Waals surface area contributed by atoms with Crippen LogP contribution in [0.15, 0.2) is 12.1 Å². The smallest absolute Gasteiger partial charge is 0.324 e. The molecule has 120 valence electrons. The Morgan fingerprint density at radius 3 is 2.41 bits per heavy atom. The Labute approximate surface area is 123 Å². The lowest BCUT2D eigenvalue weighted by atomic mass is 9.95. The summed E-state index contributed by atoms with van der Waals surface area (Å²) in [5.41, 5.74) is -0.436. The van der Waals surface area contributed by atoms with Crippen LogP contribution in [0.5, 0.6) is 0 Å². The summed E-state index contributed by atoms with van der Waals surface area (Å²) in [5.74, 6) is -8.90. The first-order valence-electron chi connectivity index (χ1n) is 6.35. The van der Waals surface area contributed by atoms with Gasteiger partial charge >= 0.3 is 5.97 Å². The lowest BCUT2D eigenvalue weighted by Gasteiger charge is -2.36. The van der Waals surface area contributed by atoms with E-state index in [1.54, 1.807) is 0 Å². The quantitative estimate of drug-likeness (QED) is 0.519. The second kappa shape index (κ2) is 5.69. The van der Waals surface area contributed by atoms with E-state index in [2.05, 4.69) is 0 Å². The van der Waals surface area contributed by atoms with E-state index in [9.17, 15) is 27.9 Å². The largest absolute Gasteiger partial charge is 0.433 e. The first kappa shape index (κ1) is 16.4. The van der Waals surface area contributed by atoms with Gasteiger partial charge in [0.15, 0.2) is 29.6 Å². The zero-order valence-electron chi connectivity index (χ0n) is 11.7. The number of aliphatic hydroxyl groups is 1. The molecule has 0 saturated carbocycles. The molecule has 1 aromatic carbocycles. The fourth-order valence-electron chi connectivity index (χ4n) is 2.09. The van der Waals surface area contributed by atoms with E-state index in [4.69, 9.17) is 9.47 Å². The van der Waals surface area contributed by atoms with Crippen molar-refractivity contribution in [3.63, 3.8) is 0 Å². The number of benzene rings is 1. The molecule has 5 nitrogen and oxygen atoms in total. The highest BCUT2D eigenvalue weighted by Gasteiger charge is 2.46. The van der Waals surface area contributed by atoms with Crippen LogP contribution in [0, 0.1) is 23.4 Å². The summed E-state index contributed by atoms with van der Waals surface area (Å²) in [6.45, 7) is 2.73. The highest BCUT2D eigenvalue weighted by atomic mass is 19.2. The highest BCUT2D eigenvalue weighted by Crippen LogP contribution is 2.27. The van der Waals surface area contributed by atoms with Crippen LogP contribution >= 0.6 is 0 Å². The summed E-state index contributed by atoms with van der Waals surface area (Å²) >= 11 is 0. The molecule has 0 bridgehead atoms. The fraction of sp³-hybridized carbons (Fsp3) is 0.429.